The van der Waals surface area contributed by atoms with E-state index in [1.165, 1.54) is 0 Å². The summed E-state index contributed by atoms with van der Waals surface area (Å²) in [5.41, 5.74) is 6.19. The molecule has 0 radical (unpaired) electrons. The fourth-order valence-electron chi connectivity index (χ4n) is 6.01. The highest BCUT2D eigenvalue weighted by atomic mass is 17.3. The number of primary amides is 1. The van der Waals surface area contributed by atoms with Crippen LogP contribution in [0.15, 0.2) is 24.3 Å². The molecule has 1 aromatic rings. The Morgan fingerprint density at radius 2 is 1.90 bits per heavy atom. The fraction of sp³-hybridized carbons (Fsp3) is 0.696. The summed E-state index contributed by atoms with van der Waals surface area (Å²) in [5.74, 6) is 0.0315. The highest BCUT2D eigenvalue weighted by Gasteiger charge is 2.69. The van der Waals surface area contributed by atoms with E-state index in [2.05, 4.69) is 13.8 Å². The second kappa shape index (κ2) is 7.28. The molecule has 30 heavy (non-hydrogen) atoms. The lowest BCUT2D eigenvalue weighted by Gasteiger charge is -2.60. The van der Waals surface area contributed by atoms with E-state index in [9.17, 15) is 4.79 Å². The Bertz CT molecular complexity index is 814. The van der Waals surface area contributed by atoms with Crippen LogP contribution in [0.2, 0.25) is 0 Å². The molecule has 7 nitrogen and oxygen atoms in total. The monoisotopic (exact) mass is 417 g/mol. The van der Waals surface area contributed by atoms with E-state index >= 15 is 0 Å². The average molecular weight is 418 g/mol. The van der Waals surface area contributed by atoms with Crippen LogP contribution in [0.5, 0.6) is 0 Å². The van der Waals surface area contributed by atoms with Gasteiger partial charge in [0.25, 0.3) is 0 Å². The summed E-state index contributed by atoms with van der Waals surface area (Å²) in [5, 5.41) is 0. The van der Waals surface area contributed by atoms with Gasteiger partial charge >= 0.3 is 0 Å². The Morgan fingerprint density at radius 3 is 2.63 bits per heavy atom. The van der Waals surface area contributed by atoms with Crippen LogP contribution in [0.4, 0.5) is 0 Å². The number of nitrogens with two attached hydrogens (primary N) is 1. The molecule has 4 heterocycles. The van der Waals surface area contributed by atoms with Crippen LogP contribution in [0.1, 0.15) is 62.4 Å². The van der Waals surface area contributed by atoms with Gasteiger partial charge in [-0.1, -0.05) is 26.0 Å². The summed E-state index contributed by atoms with van der Waals surface area (Å²) in [6.07, 6.45) is 3.10. The molecular formula is C23H31NO6. The van der Waals surface area contributed by atoms with Crippen LogP contribution in [0, 0.1) is 23.7 Å². The van der Waals surface area contributed by atoms with Gasteiger partial charge in [0.15, 0.2) is 18.2 Å². The highest BCUT2D eigenvalue weighted by Crippen LogP contribution is 2.60. The van der Waals surface area contributed by atoms with Gasteiger partial charge in [-0.15, -0.1) is 0 Å². The number of carbonyl (C=O) groups is 1. The minimum atomic E-state index is -0.784. The minimum absolute atomic E-state index is 0.135. The zero-order valence-corrected chi connectivity index (χ0v) is 17.8. The molecule has 0 aromatic heterocycles. The molecule has 2 bridgehead atoms. The minimum Gasteiger partial charge on any atom is -0.366 e. The molecule has 1 aromatic carbocycles. The number of hydrogen-bond donors (Lipinski definition) is 1. The lowest BCUT2D eigenvalue weighted by atomic mass is 9.58. The molecule has 1 saturated carbocycles. The number of hydrogen-bond acceptors (Lipinski definition) is 6. The Hall–Kier alpha value is -1.51. The molecule has 164 valence electrons. The summed E-state index contributed by atoms with van der Waals surface area (Å²) in [6, 6.07) is 7.15. The van der Waals surface area contributed by atoms with Crippen molar-refractivity contribution in [1.29, 1.82) is 0 Å². The second-order valence-corrected chi connectivity index (χ2v) is 9.65. The molecule has 1 aliphatic carbocycles. The highest BCUT2D eigenvalue weighted by molar-refractivity contribution is 5.92. The van der Waals surface area contributed by atoms with Crippen LogP contribution < -0.4 is 5.73 Å². The van der Waals surface area contributed by atoms with Crippen molar-refractivity contribution in [2.75, 3.05) is 0 Å². The van der Waals surface area contributed by atoms with Crippen LogP contribution >= 0.6 is 0 Å². The van der Waals surface area contributed by atoms with Gasteiger partial charge in [0, 0.05) is 23.8 Å². The Balaban J connectivity index is 1.37. The number of amides is 1. The maximum atomic E-state index is 11.3. The summed E-state index contributed by atoms with van der Waals surface area (Å²) in [6.45, 7) is 6.79. The quantitative estimate of drug-likeness (QED) is 0.754. The van der Waals surface area contributed by atoms with Crippen LogP contribution in [0.3, 0.4) is 0 Å². The van der Waals surface area contributed by atoms with Crippen molar-refractivity contribution in [3.05, 3.63) is 35.4 Å². The third kappa shape index (κ3) is 3.10. The molecule has 8 atom stereocenters. The number of ether oxygens (including phenoxy) is 3. The smallest absolute Gasteiger partial charge is 0.248 e. The zero-order chi connectivity index (χ0) is 21.1. The third-order valence-electron chi connectivity index (χ3n) is 7.75. The molecule has 1 amide bonds. The van der Waals surface area contributed by atoms with E-state index in [4.69, 9.17) is 29.7 Å². The van der Waals surface area contributed by atoms with E-state index in [0.29, 0.717) is 24.0 Å². The molecule has 4 saturated heterocycles. The third-order valence-corrected chi connectivity index (χ3v) is 7.75. The van der Waals surface area contributed by atoms with Gasteiger partial charge < -0.3 is 19.9 Å². The molecule has 7 heteroatoms. The predicted octanol–water partition coefficient (Wildman–Crippen LogP) is 3.51. The zero-order valence-electron chi connectivity index (χ0n) is 17.8. The van der Waals surface area contributed by atoms with Gasteiger partial charge in [0.2, 0.25) is 11.7 Å². The van der Waals surface area contributed by atoms with Crippen molar-refractivity contribution >= 4 is 5.91 Å². The molecule has 0 unspecified atom stereocenters. The van der Waals surface area contributed by atoms with Crippen LogP contribution in [0.25, 0.3) is 0 Å². The Kier molecular flexibility index (Phi) is 4.95. The first kappa shape index (κ1) is 20.4. The summed E-state index contributed by atoms with van der Waals surface area (Å²) >= 11 is 0. The van der Waals surface area contributed by atoms with Crippen LogP contribution in [-0.4, -0.2) is 29.9 Å². The van der Waals surface area contributed by atoms with Crippen molar-refractivity contribution in [3.63, 3.8) is 0 Å². The van der Waals surface area contributed by atoms with E-state index < -0.39 is 29.9 Å². The van der Waals surface area contributed by atoms with Gasteiger partial charge in [-0.25, -0.2) is 9.78 Å². The normalized spacial score (nSPS) is 44.9. The fourth-order valence-corrected chi connectivity index (χ4v) is 6.01. The van der Waals surface area contributed by atoms with E-state index in [0.717, 1.165) is 31.2 Å². The molecule has 5 fully saturated rings. The molecule has 4 aliphatic heterocycles. The van der Waals surface area contributed by atoms with Gasteiger partial charge in [0.1, 0.15) is 0 Å². The Labute approximate surface area is 177 Å². The summed E-state index contributed by atoms with van der Waals surface area (Å²) in [4.78, 5) is 23.3. The van der Waals surface area contributed by atoms with Gasteiger partial charge in [-0.3, -0.25) is 4.79 Å². The first-order valence-corrected chi connectivity index (χ1v) is 11.0. The number of benzene rings is 1. The Morgan fingerprint density at radius 1 is 1.13 bits per heavy atom. The average Bonchev–Trinajstić information content (AvgIpc) is 2.96. The van der Waals surface area contributed by atoms with Crippen molar-refractivity contribution in [2.45, 2.75) is 77.0 Å². The van der Waals surface area contributed by atoms with Gasteiger partial charge in [-0.05, 0) is 55.7 Å². The first-order chi connectivity index (χ1) is 14.3. The topological polar surface area (TPSA) is 89.2 Å². The largest absolute Gasteiger partial charge is 0.366 e. The second-order valence-electron chi connectivity index (χ2n) is 9.65. The van der Waals surface area contributed by atoms with Gasteiger partial charge in [-0.2, -0.15) is 0 Å². The molecule has 6 rings (SSSR count). The first-order valence-electron chi connectivity index (χ1n) is 11.0. The van der Waals surface area contributed by atoms with E-state index in [1.807, 2.05) is 19.1 Å². The molecule has 2 N–H and O–H groups in total. The van der Waals surface area contributed by atoms with E-state index in [-0.39, 0.29) is 11.8 Å². The van der Waals surface area contributed by atoms with Crippen molar-refractivity contribution in [3.8, 4) is 0 Å². The van der Waals surface area contributed by atoms with E-state index in [1.54, 1.807) is 12.1 Å². The number of fused-ring (bicyclic) bond motifs is 2. The molecule has 1 spiro atoms. The molecular weight excluding hydrogens is 386 g/mol. The SMILES string of the molecule is C[C@H]1[C@@H](OCc2ccc(C(N)=O)cc2)O[C@@H]2O[C@@]3(C)CC[C@H]4[C@H](C)CC[C@@H]1[C@@]24OO3. The van der Waals surface area contributed by atoms with Crippen molar-refractivity contribution in [2.24, 2.45) is 29.4 Å². The summed E-state index contributed by atoms with van der Waals surface area (Å²) < 4.78 is 19.0. The molecule has 5 aliphatic rings. The number of rotatable bonds is 4. The predicted molar refractivity (Wildman–Crippen MR) is 107 cm³/mol. The maximum Gasteiger partial charge on any atom is 0.248 e. The maximum absolute atomic E-state index is 11.3. The van der Waals surface area contributed by atoms with Crippen molar-refractivity contribution < 1.29 is 28.8 Å². The van der Waals surface area contributed by atoms with Crippen molar-refractivity contribution in [1.82, 2.24) is 0 Å². The van der Waals surface area contributed by atoms with Crippen LogP contribution in [-0.2, 0) is 30.6 Å². The summed E-state index contributed by atoms with van der Waals surface area (Å²) in [7, 11) is 0. The standard InChI is InChI=1S/C23H31NO6/c1-13-4-9-18-14(2)20(26-12-15-5-7-16(8-6-15)19(24)25)27-21-23(18)17(13)10-11-22(3,28-21)29-30-23/h5-8,13-14,17-18,20-21H,4,9-12H2,1-3H3,(H2,24,25)/t13-,14-,17+,18+,20+,21-,22-,23-/m1/s1. The number of carbonyl (C=O) groups excluding carboxylic acids is 1. The lowest BCUT2D eigenvalue weighted by molar-refractivity contribution is -0.577. The lowest BCUT2D eigenvalue weighted by Crippen LogP contribution is -2.70. The van der Waals surface area contributed by atoms with Gasteiger partial charge in [0.05, 0.1) is 6.61 Å².